The minimum atomic E-state index is -3.56. The summed E-state index contributed by atoms with van der Waals surface area (Å²) < 4.78 is 27.2. The molecule has 0 spiro atoms. The van der Waals surface area contributed by atoms with E-state index in [1.807, 2.05) is 19.1 Å². The lowest BCUT2D eigenvalue weighted by Gasteiger charge is -2.06. The number of rotatable bonds is 2. The molecule has 0 atom stereocenters. The van der Waals surface area contributed by atoms with Crippen molar-refractivity contribution in [3.63, 3.8) is 0 Å². The van der Waals surface area contributed by atoms with Crippen LogP contribution in [0, 0.1) is 6.92 Å². The van der Waals surface area contributed by atoms with Gasteiger partial charge in [0, 0.05) is 17.5 Å². The second-order valence-corrected chi connectivity index (χ2v) is 7.33. The molecule has 0 bridgehead atoms. The molecule has 108 valence electrons. The predicted molar refractivity (Wildman–Crippen MR) is 84.6 cm³/mol. The van der Waals surface area contributed by atoms with Gasteiger partial charge in [-0.05, 0) is 37.3 Å². The van der Waals surface area contributed by atoms with Crippen LogP contribution in [-0.2, 0) is 16.9 Å². The van der Waals surface area contributed by atoms with Crippen molar-refractivity contribution in [2.45, 2.75) is 16.8 Å². The summed E-state index contributed by atoms with van der Waals surface area (Å²) in [5.74, 6) is 0. The van der Waals surface area contributed by atoms with E-state index >= 15 is 0 Å². The number of halogens is 1. The summed E-state index contributed by atoms with van der Waals surface area (Å²) in [6.45, 7) is 1.92. The van der Waals surface area contributed by atoms with Gasteiger partial charge in [0.1, 0.15) is 5.03 Å². The molecule has 0 radical (unpaired) electrons. The lowest BCUT2D eigenvalue weighted by molar-refractivity contribution is 0.587. The fourth-order valence-electron chi connectivity index (χ4n) is 2.40. The van der Waals surface area contributed by atoms with Crippen LogP contribution in [0.2, 0.25) is 5.02 Å². The minimum Gasteiger partial charge on any atom is -0.334 e. The van der Waals surface area contributed by atoms with Crippen molar-refractivity contribution in [1.29, 1.82) is 0 Å². The molecule has 1 heterocycles. The van der Waals surface area contributed by atoms with Crippen molar-refractivity contribution in [3.05, 3.63) is 59.1 Å². The Morgan fingerprint density at radius 1 is 1.05 bits per heavy atom. The van der Waals surface area contributed by atoms with Gasteiger partial charge in [-0.3, -0.25) is 0 Å². The van der Waals surface area contributed by atoms with Crippen molar-refractivity contribution in [2.75, 3.05) is 0 Å². The van der Waals surface area contributed by atoms with Gasteiger partial charge in [-0.1, -0.05) is 35.4 Å². The average molecular weight is 320 g/mol. The smallest absolute Gasteiger partial charge is 0.222 e. The van der Waals surface area contributed by atoms with Crippen LogP contribution in [0.3, 0.4) is 0 Å². The van der Waals surface area contributed by atoms with Gasteiger partial charge >= 0.3 is 0 Å². The number of benzene rings is 2. The molecule has 0 saturated heterocycles. The highest BCUT2D eigenvalue weighted by Crippen LogP contribution is 2.31. The highest BCUT2D eigenvalue weighted by molar-refractivity contribution is 7.91. The number of fused-ring (bicyclic) bond motifs is 1. The van der Waals surface area contributed by atoms with Crippen LogP contribution >= 0.6 is 11.6 Å². The first-order chi connectivity index (χ1) is 9.91. The third kappa shape index (κ3) is 2.24. The Balaban J connectivity index is 2.26. The first-order valence-corrected chi connectivity index (χ1v) is 8.33. The van der Waals surface area contributed by atoms with E-state index in [0.717, 1.165) is 16.5 Å². The van der Waals surface area contributed by atoms with Crippen molar-refractivity contribution in [3.8, 4) is 0 Å². The molecule has 5 heteroatoms. The average Bonchev–Trinajstić information content (AvgIpc) is 2.79. The number of hydrogen-bond donors (Lipinski definition) is 0. The second kappa shape index (κ2) is 4.90. The van der Waals surface area contributed by atoms with Crippen LogP contribution in [0.5, 0.6) is 0 Å². The Morgan fingerprint density at radius 2 is 1.71 bits per heavy atom. The number of sulfone groups is 1. The molecule has 0 unspecified atom stereocenters. The Bertz CT molecular complexity index is 925. The van der Waals surface area contributed by atoms with Gasteiger partial charge in [0.25, 0.3) is 0 Å². The predicted octanol–water partition coefficient (Wildman–Crippen LogP) is 3.97. The molecule has 0 fully saturated rings. The molecule has 0 aliphatic rings. The van der Waals surface area contributed by atoms with E-state index in [2.05, 4.69) is 0 Å². The summed E-state index contributed by atoms with van der Waals surface area (Å²) in [4.78, 5) is 0.287. The maximum atomic E-state index is 12.8. The monoisotopic (exact) mass is 319 g/mol. The zero-order valence-electron chi connectivity index (χ0n) is 11.7. The standard InChI is InChI=1S/C16H14ClNO2S/c1-11-6-8-12(9-7-11)21(19,20)16-10-13-14(17)4-3-5-15(13)18(16)2/h3-10H,1-2H3. The molecule has 3 nitrogen and oxygen atoms in total. The summed E-state index contributed by atoms with van der Waals surface area (Å²) in [6.07, 6.45) is 0. The van der Waals surface area contributed by atoms with Gasteiger partial charge in [0.15, 0.2) is 0 Å². The van der Waals surface area contributed by atoms with Gasteiger partial charge in [-0.15, -0.1) is 0 Å². The van der Waals surface area contributed by atoms with E-state index < -0.39 is 9.84 Å². The highest BCUT2D eigenvalue weighted by atomic mass is 35.5. The van der Waals surface area contributed by atoms with Gasteiger partial charge in [-0.25, -0.2) is 8.42 Å². The molecule has 3 aromatic rings. The summed E-state index contributed by atoms with van der Waals surface area (Å²) in [6, 6.07) is 13.9. The first-order valence-electron chi connectivity index (χ1n) is 6.47. The normalized spacial score (nSPS) is 12.0. The SMILES string of the molecule is Cc1ccc(S(=O)(=O)c2cc3c(Cl)cccc3n2C)cc1. The zero-order chi connectivity index (χ0) is 15.2. The van der Waals surface area contributed by atoms with Gasteiger partial charge < -0.3 is 4.57 Å². The maximum Gasteiger partial charge on any atom is 0.222 e. The van der Waals surface area contributed by atoms with Crippen LogP contribution in [0.15, 0.2) is 58.5 Å². The van der Waals surface area contributed by atoms with E-state index in [9.17, 15) is 8.42 Å². The Labute approximate surface area is 128 Å². The molecule has 0 amide bonds. The topological polar surface area (TPSA) is 39.1 Å². The molecule has 2 aromatic carbocycles. The zero-order valence-corrected chi connectivity index (χ0v) is 13.2. The molecular formula is C16H14ClNO2S. The van der Waals surface area contributed by atoms with Crippen molar-refractivity contribution >= 4 is 32.3 Å². The van der Waals surface area contributed by atoms with Crippen molar-refractivity contribution in [2.24, 2.45) is 7.05 Å². The molecule has 0 saturated carbocycles. The molecule has 1 aromatic heterocycles. The molecule has 0 aliphatic carbocycles. The van der Waals surface area contributed by atoms with E-state index in [0.29, 0.717) is 5.02 Å². The second-order valence-electron chi connectivity index (χ2n) is 5.03. The van der Waals surface area contributed by atoms with Crippen LogP contribution in [0.1, 0.15) is 5.56 Å². The fourth-order valence-corrected chi connectivity index (χ4v) is 4.09. The number of hydrogen-bond acceptors (Lipinski definition) is 2. The lowest BCUT2D eigenvalue weighted by atomic mass is 10.2. The first kappa shape index (κ1) is 14.2. The molecule has 21 heavy (non-hydrogen) atoms. The van der Waals surface area contributed by atoms with Crippen molar-refractivity contribution in [1.82, 2.24) is 4.57 Å². The lowest BCUT2D eigenvalue weighted by Crippen LogP contribution is -2.07. The van der Waals surface area contributed by atoms with Crippen LogP contribution in [0.4, 0.5) is 0 Å². The van der Waals surface area contributed by atoms with E-state index in [4.69, 9.17) is 11.6 Å². The summed E-state index contributed by atoms with van der Waals surface area (Å²) >= 11 is 6.15. The molecule has 0 N–H and O–H groups in total. The molecular weight excluding hydrogens is 306 g/mol. The molecule has 0 aliphatic heterocycles. The third-order valence-corrected chi connectivity index (χ3v) is 5.76. The fraction of sp³-hybridized carbons (Fsp3) is 0.125. The summed E-state index contributed by atoms with van der Waals surface area (Å²) in [7, 11) is -1.82. The van der Waals surface area contributed by atoms with Crippen LogP contribution in [0.25, 0.3) is 10.9 Å². The van der Waals surface area contributed by atoms with E-state index in [-0.39, 0.29) is 9.92 Å². The Hall–Kier alpha value is -1.78. The maximum absolute atomic E-state index is 12.8. The Morgan fingerprint density at radius 3 is 2.33 bits per heavy atom. The third-order valence-electron chi connectivity index (χ3n) is 3.60. The number of nitrogens with zero attached hydrogens (tertiary/aromatic N) is 1. The van der Waals surface area contributed by atoms with Crippen LogP contribution < -0.4 is 0 Å². The van der Waals surface area contributed by atoms with E-state index in [1.54, 1.807) is 48.0 Å². The van der Waals surface area contributed by atoms with Gasteiger partial charge in [0.2, 0.25) is 9.84 Å². The number of aryl methyl sites for hydroxylation is 2. The number of aromatic nitrogens is 1. The van der Waals surface area contributed by atoms with Crippen molar-refractivity contribution < 1.29 is 8.42 Å². The summed E-state index contributed by atoms with van der Waals surface area (Å²) in [5, 5.41) is 1.54. The summed E-state index contributed by atoms with van der Waals surface area (Å²) in [5.41, 5.74) is 1.82. The minimum absolute atomic E-state index is 0.245. The van der Waals surface area contributed by atoms with E-state index in [1.165, 1.54) is 0 Å². The van der Waals surface area contributed by atoms with Crippen LogP contribution in [-0.4, -0.2) is 13.0 Å². The molecule has 3 rings (SSSR count). The van der Waals surface area contributed by atoms with Gasteiger partial charge in [-0.2, -0.15) is 0 Å². The van der Waals surface area contributed by atoms with Gasteiger partial charge in [0.05, 0.1) is 10.4 Å². The highest BCUT2D eigenvalue weighted by Gasteiger charge is 2.23. The quantitative estimate of drug-likeness (QED) is 0.717. The largest absolute Gasteiger partial charge is 0.334 e. The Kier molecular flexibility index (Phi) is 3.30.